The summed E-state index contributed by atoms with van der Waals surface area (Å²) in [4.78, 5) is 21.5. The maximum absolute atomic E-state index is 10.8. The standard InChI is InChI=1S/C8H14N2O4.C4H8O2/c1-5(2)13-7(11)9-10-8(12)14-6(3)4;1-2-6-4-3-5-1/h5-6H,1-4H3;1-4H2. The highest BCUT2D eigenvalue weighted by molar-refractivity contribution is 5.73. The second-order valence-electron chi connectivity index (χ2n) is 4.29. The summed E-state index contributed by atoms with van der Waals surface area (Å²) in [6.07, 6.45) is -2.38. The van der Waals surface area contributed by atoms with E-state index in [0.29, 0.717) is 0 Å². The van der Waals surface area contributed by atoms with E-state index in [-0.39, 0.29) is 12.2 Å². The van der Waals surface area contributed by atoms with Gasteiger partial charge < -0.3 is 18.9 Å². The van der Waals surface area contributed by atoms with Crippen molar-refractivity contribution < 1.29 is 28.5 Å². The Morgan fingerprint density at radius 3 is 1.30 bits per heavy atom. The zero-order valence-electron chi connectivity index (χ0n) is 12.3. The molecule has 8 heteroatoms. The minimum absolute atomic E-state index is 0.289. The van der Waals surface area contributed by atoms with Crippen molar-refractivity contribution in [3.8, 4) is 0 Å². The first-order valence-electron chi connectivity index (χ1n) is 6.40. The summed E-state index contributed by atoms with van der Waals surface area (Å²) in [5.41, 5.74) is 0. The van der Waals surface area contributed by atoms with Crippen molar-refractivity contribution in [2.24, 2.45) is 10.2 Å². The van der Waals surface area contributed by atoms with Crippen LogP contribution in [-0.2, 0) is 18.9 Å². The maximum Gasteiger partial charge on any atom is 0.452 e. The molecule has 8 nitrogen and oxygen atoms in total. The molecule has 1 aliphatic rings. The minimum atomic E-state index is -0.902. The molecule has 0 unspecified atom stereocenters. The molecule has 0 bridgehead atoms. The van der Waals surface area contributed by atoms with Gasteiger partial charge in [0.05, 0.1) is 38.6 Å². The molecule has 0 aromatic heterocycles. The van der Waals surface area contributed by atoms with Crippen LogP contribution >= 0.6 is 0 Å². The van der Waals surface area contributed by atoms with Crippen LogP contribution in [0.15, 0.2) is 10.2 Å². The van der Waals surface area contributed by atoms with E-state index in [9.17, 15) is 9.59 Å². The van der Waals surface area contributed by atoms with Crippen LogP contribution in [0.5, 0.6) is 0 Å². The fourth-order valence-electron chi connectivity index (χ4n) is 0.972. The van der Waals surface area contributed by atoms with Crippen LogP contribution in [0.2, 0.25) is 0 Å². The van der Waals surface area contributed by atoms with Crippen molar-refractivity contribution in [2.45, 2.75) is 39.9 Å². The van der Waals surface area contributed by atoms with Crippen LogP contribution in [0.4, 0.5) is 9.59 Å². The molecule has 0 saturated carbocycles. The molecule has 20 heavy (non-hydrogen) atoms. The zero-order valence-corrected chi connectivity index (χ0v) is 12.3. The third-order valence-corrected chi connectivity index (χ3v) is 1.63. The second-order valence-corrected chi connectivity index (χ2v) is 4.29. The Morgan fingerprint density at radius 1 is 0.800 bits per heavy atom. The first kappa shape index (κ1) is 18.5. The molecule has 1 saturated heterocycles. The van der Waals surface area contributed by atoms with Gasteiger partial charge in [0.25, 0.3) is 0 Å². The van der Waals surface area contributed by atoms with E-state index in [1.165, 1.54) is 0 Å². The first-order chi connectivity index (χ1) is 9.41. The molecule has 1 aliphatic heterocycles. The number of ether oxygens (including phenoxy) is 4. The molecule has 1 fully saturated rings. The summed E-state index contributed by atoms with van der Waals surface area (Å²) in [6.45, 7) is 9.78. The Bertz CT molecular complexity index is 278. The van der Waals surface area contributed by atoms with Crippen LogP contribution in [0.3, 0.4) is 0 Å². The number of carbonyl (C=O) groups is 2. The molecule has 0 aliphatic carbocycles. The number of rotatable bonds is 2. The largest absolute Gasteiger partial charge is 0.452 e. The molecule has 2 amide bonds. The molecule has 0 radical (unpaired) electrons. The summed E-state index contributed by atoms with van der Waals surface area (Å²) in [7, 11) is 0. The monoisotopic (exact) mass is 290 g/mol. The number of nitrogens with zero attached hydrogens (tertiary/aromatic N) is 2. The average molecular weight is 290 g/mol. The van der Waals surface area contributed by atoms with E-state index in [4.69, 9.17) is 9.47 Å². The van der Waals surface area contributed by atoms with Gasteiger partial charge in [0.15, 0.2) is 0 Å². The number of azo groups is 1. The van der Waals surface area contributed by atoms with Gasteiger partial charge in [-0.25, -0.2) is 9.59 Å². The molecule has 1 heterocycles. The van der Waals surface area contributed by atoms with Crippen LogP contribution in [0.1, 0.15) is 27.7 Å². The Morgan fingerprint density at radius 2 is 1.10 bits per heavy atom. The molecular formula is C12H22N2O6. The highest BCUT2D eigenvalue weighted by atomic mass is 16.6. The fourth-order valence-corrected chi connectivity index (χ4v) is 0.972. The van der Waals surface area contributed by atoms with Crippen LogP contribution in [0.25, 0.3) is 0 Å². The van der Waals surface area contributed by atoms with Crippen molar-refractivity contribution in [1.29, 1.82) is 0 Å². The van der Waals surface area contributed by atoms with E-state index in [0.717, 1.165) is 26.4 Å². The lowest BCUT2D eigenvalue weighted by Gasteiger charge is -2.09. The number of hydrogen-bond acceptors (Lipinski definition) is 6. The predicted octanol–water partition coefficient (Wildman–Crippen LogP) is 2.56. The van der Waals surface area contributed by atoms with Crippen molar-refractivity contribution in [1.82, 2.24) is 0 Å². The van der Waals surface area contributed by atoms with Crippen molar-refractivity contribution >= 4 is 12.2 Å². The lowest BCUT2D eigenvalue weighted by molar-refractivity contribution is -0.0334. The normalized spacial score (nSPS) is 14.9. The van der Waals surface area contributed by atoms with E-state index in [2.05, 4.69) is 19.7 Å². The van der Waals surface area contributed by atoms with Gasteiger partial charge >= 0.3 is 12.2 Å². The van der Waals surface area contributed by atoms with Crippen LogP contribution in [0, 0.1) is 0 Å². The van der Waals surface area contributed by atoms with E-state index in [1.807, 2.05) is 0 Å². The third kappa shape index (κ3) is 12.9. The van der Waals surface area contributed by atoms with E-state index in [1.54, 1.807) is 27.7 Å². The van der Waals surface area contributed by atoms with E-state index < -0.39 is 12.2 Å². The summed E-state index contributed by atoms with van der Waals surface area (Å²) in [6, 6.07) is 0. The molecule has 0 N–H and O–H groups in total. The van der Waals surface area contributed by atoms with Gasteiger partial charge in [-0.1, -0.05) is 10.2 Å². The Hall–Kier alpha value is -1.54. The van der Waals surface area contributed by atoms with Gasteiger partial charge in [0.2, 0.25) is 0 Å². The summed E-state index contributed by atoms with van der Waals surface area (Å²) in [5, 5.41) is 6.01. The van der Waals surface area contributed by atoms with Gasteiger partial charge in [0, 0.05) is 0 Å². The van der Waals surface area contributed by atoms with E-state index >= 15 is 0 Å². The minimum Gasteiger partial charge on any atom is -0.444 e. The highest BCUT2D eigenvalue weighted by Crippen LogP contribution is 1.96. The zero-order chi connectivity index (χ0) is 15.4. The molecule has 1 rings (SSSR count). The van der Waals surface area contributed by atoms with Gasteiger partial charge in [-0.05, 0) is 27.7 Å². The van der Waals surface area contributed by atoms with Crippen molar-refractivity contribution in [3.63, 3.8) is 0 Å². The van der Waals surface area contributed by atoms with Gasteiger partial charge in [0.1, 0.15) is 0 Å². The second kappa shape index (κ2) is 11.3. The van der Waals surface area contributed by atoms with Gasteiger partial charge in [-0.15, -0.1) is 0 Å². The lowest BCUT2D eigenvalue weighted by atomic mass is 10.5. The number of hydrogen-bond donors (Lipinski definition) is 0. The third-order valence-electron chi connectivity index (χ3n) is 1.63. The van der Waals surface area contributed by atoms with Crippen molar-refractivity contribution in [2.75, 3.05) is 26.4 Å². The molecular weight excluding hydrogens is 268 g/mol. The molecule has 116 valence electrons. The average Bonchev–Trinajstić information content (AvgIpc) is 2.38. The number of amides is 2. The molecule has 0 spiro atoms. The Balaban J connectivity index is 0.000000493. The molecule has 0 aromatic rings. The highest BCUT2D eigenvalue weighted by Gasteiger charge is 2.06. The van der Waals surface area contributed by atoms with Crippen molar-refractivity contribution in [3.05, 3.63) is 0 Å². The van der Waals surface area contributed by atoms with Crippen LogP contribution < -0.4 is 0 Å². The van der Waals surface area contributed by atoms with Gasteiger partial charge in [-0.3, -0.25) is 0 Å². The SMILES string of the molecule is C1COCCO1.CC(C)OC(=O)N=NC(=O)OC(C)C. The molecule has 0 atom stereocenters. The summed E-state index contributed by atoms with van der Waals surface area (Å²) < 4.78 is 19.1. The maximum atomic E-state index is 10.8. The van der Waals surface area contributed by atoms with Crippen LogP contribution in [-0.4, -0.2) is 50.8 Å². The topological polar surface area (TPSA) is 95.8 Å². The Labute approximate surface area is 118 Å². The smallest absolute Gasteiger partial charge is 0.444 e. The van der Waals surface area contributed by atoms with Gasteiger partial charge in [-0.2, -0.15) is 0 Å². The summed E-state index contributed by atoms with van der Waals surface area (Å²) >= 11 is 0. The lowest BCUT2D eigenvalue weighted by Crippen LogP contribution is -2.16. The fraction of sp³-hybridized carbons (Fsp3) is 0.833. The summed E-state index contributed by atoms with van der Waals surface area (Å²) in [5.74, 6) is 0. The number of carbonyl (C=O) groups excluding carboxylic acids is 2. The quantitative estimate of drug-likeness (QED) is 0.725. The molecule has 0 aromatic carbocycles. The Kier molecular flexibility index (Phi) is 10.4. The first-order valence-corrected chi connectivity index (χ1v) is 6.40. The predicted molar refractivity (Wildman–Crippen MR) is 69.7 cm³/mol.